The van der Waals surface area contributed by atoms with Crippen molar-refractivity contribution in [3.8, 4) is 0 Å². The minimum Gasteiger partial charge on any atom is -0.352 e. The number of nitrogens with zero attached hydrogens (tertiary/aromatic N) is 1. The summed E-state index contributed by atoms with van der Waals surface area (Å²) in [6.45, 7) is 6.08. The van der Waals surface area contributed by atoms with Crippen LogP contribution in [0.2, 0.25) is 0 Å². The topological polar surface area (TPSA) is 49.4 Å². The van der Waals surface area contributed by atoms with Crippen LogP contribution in [0.15, 0.2) is 78.9 Å². The highest BCUT2D eigenvalue weighted by molar-refractivity contribution is 7.99. The van der Waals surface area contributed by atoms with E-state index in [1.165, 1.54) is 29.5 Å². The number of carbonyl (C=O) groups is 2. The van der Waals surface area contributed by atoms with Gasteiger partial charge in [0.15, 0.2) is 0 Å². The molecule has 35 heavy (non-hydrogen) atoms. The average Bonchev–Trinajstić information content (AvgIpc) is 2.82. The Bertz CT molecular complexity index is 1100. The fourth-order valence-electron chi connectivity index (χ4n) is 3.86. The smallest absolute Gasteiger partial charge is 0.243 e. The quantitative estimate of drug-likeness (QED) is 0.383. The van der Waals surface area contributed by atoms with Crippen LogP contribution >= 0.6 is 11.8 Å². The first-order valence-corrected chi connectivity index (χ1v) is 13.0. The number of amides is 2. The van der Waals surface area contributed by atoms with Crippen molar-refractivity contribution in [3.63, 3.8) is 0 Å². The summed E-state index contributed by atoms with van der Waals surface area (Å²) < 4.78 is 13.5. The lowest BCUT2D eigenvalue weighted by molar-refractivity contribution is -0.139. The van der Waals surface area contributed by atoms with Gasteiger partial charge in [0.2, 0.25) is 11.8 Å². The fourth-order valence-corrected chi connectivity index (χ4v) is 4.72. The summed E-state index contributed by atoms with van der Waals surface area (Å²) >= 11 is 1.53. The van der Waals surface area contributed by atoms with Gasteiger partial charge in [0.05, 0.1) is 5.75 Å². The van der Waals surface area contributed by atoms with Crippen molar-refractivity contribution in [3.05, 3.63) is 107 Å². The number of thioether (sulfide) groups is 1. The maximum absolute atomic E-state index is 13.5. The third-order valence-corrected chi connectivity index (χ3v) is 6.53. The molecule has 0 aliphatic carbocycles. The Hall–Kier alpha value is -3.12. The molecule has 1 N–H and O–H groups in total. The molecule has 1 atom stereocenters. The lowest BCUT2D eigenvalue weighted by atomic mass is 10.0. The second kappa shape index (κ2) is 13.1. The molecule has 0 bridgehead atoms. The van der Waals surface area contributed by atoms with Crippen molar-refractivity contribution >= 4 is 23.6 Å². The molecular weight excluding hydrogens is 459 g/mol. The van der Waals surface area contributed by atoms with Crippen LogP contribution in [0, 0.1) is 12.7 Å². The molecule has 4 nitrogen and oxygen atoms in total. The van der Waals surface area contributed by atoms with E-state index in [1.54, 1.807) is 17.0 Å². The molecule has 0 saturated carbocycles. The summed E-state index contributed by atoms with van der Waals surface area (Å²) in [6, 6.07) is 23.3. The van der Waals surface area contributed by atoms with Gasteiger partial charge in [-0.1, -0.05) is 72.3 Å². The molecule has 3 rings (SSSR count). The van der Waals surface area contributed by atoms with Crippen molar-refractivity contribution < 1.29 is 14.0 Å². The highest BCUT2D eigenvalue weighted by Gasteiger charge is 2.30. The molecule has 0 unspecified atom stereocenters. The van der Waals surface area contributed by atoms with Gasteiger partial charge in [-0.2, -0.15) is 0 Å². The second-order valence-corrected chi connectivity index (χ2v) is 9.98. The van der Waals surface area contributed by atoms with Gasteiger partial charge >= 0.3 is 0 Å². The Morgan fingerprint density at radius 2 is 1.60 bits per heavy atom. The fraction of sp³-hybridized carbons (Fsp3) is 0.310. The summed E-state index contributed by atoms with van der Waals surface area (Å²) in [5.41, 5.74) is 4.09. The predicted molar refractivity (Wildman–Crippen MR) is 142 cm³/mol. The molecular formula is C29H33FN2O2S. The molecule has 0 aliphatic rings. The van der Waals surface area contributed by atoms with E-state index in [-0.39, 0.29) is 36.0 Å². The van der Waals surface area contributed by atoms with Crippen LogP contribution < -0.4 is 5.32 Å². The molecule has 184 valence electrons. The van der Waals surface area contributed by atoms with E-state index in [0.717, 1.165) is 16.7 Å². The highest BCUT2D eigenvalue weighted by Crippen LogP contribution is 2.19. The largest absolute Gasteiger partial charge is 0.352 e. The number of hydrogen-bond donors (Lipinski definition) is 1. The Kier molecular flexibility index (Phi) is 9.91. The molecule has 0 aliphatic heterocycles. The van der Waals surface area contributed by atoms with Crippen LogP contribution in [0.5, 0.6) is 0 Å². The zero-order valence-electron chi connectivity index (χ0n) is 20.5. The van der Waals surface area contributed by atoms with Gasteiger partial charge in [-0.05, 0) is 49.6 Å². The first-order valence-electron chi connectivity index (χ1n) is 11.8. The van der Waals surface area contributed by atoms with Crippen molar-refractivity contribution in [1.82, 2.24) is 10.2 Å². The maximum Gasteiger partial charge on any atom is 0.243 e. The molecule has 0 heterocycles. The van der Waals surface area contributed by atoms with Gasteiger partial charge in [-0.25, -0.2) is 4.39 Å². The van der Waals surface area contributed by atoms with Crippen LogP contribution in [-0.2, 0) is 28.3 Å². The molecule has 6 heteroatoms. The first-order chi connectivity index (χ1) is 16.8. The van der Waals surface area contributed by atoms with Gasteiger partial charge in [-0.15, -0.1) is 11.8 Å². The molecule has 0 saturated heterocycles. The number of aryl methyl sites for hydroxylation is 1. The van der Waals surface area contributed by atoms with Gasteiger partial charge in [-0.3, -0.25) is 9.59 Å². The standard InChI is InChI=1S/C29H33FN2O2S/c1-21(2)31-29(34)27(17-23-9-5-4-6-10-23)32(18-24-12-14-26(30)15-13-24)28(33)20-35-19-25-11-7-8-22(3)16-25/h4-16,21,27H,17-20H2,1-3H3,(H,31,34)/t27-/m0/s1. The maximum atomic E-state index is 13.5. The van der Waals surface area contributed by atoms with Crippen LogP contribution in [0.25, 0.3) is 0 Å². The lowest BCUT2D eigenvalue weighted by Crippen LogP contribution is -2.52. The van der Waals surface area contributed by atoms with Gasteiger partial charge in [0, 0.05) is 24.8 Å². The minimum atomic E-state index is -0.683. The van der Waals surface area contributed by atoms with Gasteiger partial charge < -0.3 is 10.2 Å². The normalized spacial score (nSPS) is 11.8. The zero-order valence-corrected chi connectivity index (χ0v) is 21.4. The number of rotatable bonds is 11. The van der Waals surface area contributed by atoms with Crippen LogP contribution in [-0.4, -0.2) is 34.6 Å². The Morgan fingerprint density at radius 1 is 0.914 bits per heavy atom. The van der Waals surface area contributed by atoms with E-state index in [2.05, 4.69) is 17.4 Å². The molecule has 0 radical (unpaired) electrons. The minimum absolute atomic E-state index is 0.0563. The molecule has 2 amide bonds. The summed E-state index contributed by atoms with van der Waals surface area (Å²) in [6.07, 6.45) is 0.398. The molecule has 0 aromatic heterocycles. The summed E-state index contributed by atoms with van der Waals surface area (Å²) in [4.78, 5) is 28.5. The summed E-state index contributed by atoms with van der Waals surface area (Å²) in [7, 11) is 0. The van der Waals surface area contributed by atoms with Crippen LogP contribution in [0.3, 0.4) is 0 Å². The first kappa shape index (κ1) is 26.5. The number of hydrogen-bond acceptors (Lipinski definition) is 3. The zero-order chi connectivity index (χ0) is 25.2. The summed E-state index contributed by atoms with van der Waals surface area (Å²) in [5.74, 6) is 0.308. The third-order valence-electron chi connectivity index (χ3n) is 5.54. The Labute approximate surface area is 211 Å². The van der Waals surface area contributed by atoms with Gasteiger partial charge in [0.25, 0.3) is 0 Å². The number of carbonyl (C=O) groups excluding carboxylic acids is 2. The van der Waals surface area contributed by atoms with E-state index in [4.69, 9.17) is 0 Å². The Morgan fingerprint density at radius 3 is 2.26 bits per heavy atom. The van der Waals surface area contributed by atoms with Crippen molar-refractivity contribution in [2.45, 2.75) is 51.6 Å². The number of nitrogens with one attached hydrogen (secondary N) is 1. The monoisotopic (exact) mass is 492 g/mol. The molecule has 3 aromatic carbocycles. The summed E-state index contributed by atoms with van der Waals surface area (Å²) in [5, 5.41) is 2.98. The van der Waals surface area contributed by atoms with E-state index in [0.29, 0.717) is 12.2 Å². The predicted octanol–water partition coefficient (Wildman–Crippen LogP) is 5.53. The van der Waals surface area contributed by atoms with Crippen molar-refractivity contribution in [2.75, 3.05) is 5.75 Å². The average molecular weight is 493 g/mol. The van der Waals surface area contributed by atoms with Crippen molar-refractivity contribution in [2.24, 2.45) is 0 Å². The van der Waals surface area contributed by atoms with Gasteiger partial charge in [0.1, 0.15) is 11.9 Å². The van der Waals surface area contributed by atoms with Crippen LogP contribution in [0.1, 0.15) is 36.1 Å². The van der Waals surface area contributed by atoms with Crippen molar-refractivity contribution in [1.29, 1.82) is 0 Å². The molecule has 0 fully saturated rings. The SMILES string of the molecule is Cc1cccc(CSCC(=O)N(Cc2ccc(F)cc2)[C@@H](Cc2ccccc2)C(=O)NC(C)C)c1. The number of halogens is 1. The molecule has 0 spiro atoms. The third kappa shape index (κ3) is 8.55. The highest BCUT2D eigenvalue weighted by atomic mass is 32.2. The number of benzene rings is 3. The second-order valence-electron chi connectivity index (χ2n) is 9.00. The van der Waals surface area contributed by atoms with E-state index in [9.17, 15) is 14.0 Å². The molecule has 3 aromatic rings. The Balaban J connectivity index is 1.84. The lowest BCUT2D eigenvalue weighted by Gasteiger charge is -2.32. The van der Waals surface area contributed by atoms with E-state index >= 15 is 0 Å². The van der Waals surface area contributed by atoms with Crippen LogP contribution in [0.4, 0.5) is 4.39 Å². The van der Waals surface area contributed by atoms with E-state index < -0.39 is 6.04 Å². The van der Waals surface area contributed by atoms with E-state index in [1.807, 2.05) is 63.2 Å².